The second-order valence-corrected chi connectivity index (χ2v) is 21.3. The van der Waals surface area contributed by atoms with Crippen LogP contribution >= 0.6 is 0 Å². The average molecular weight is 867 g/mol. The van der Waals surface area contributed by atoms with Crippen LogP contribution < -0.4 is 10.6 Å². The van der Waals surface area contributed by atoms with Gasteiger partial charge in [-0.3, -0.25) is 29.4 Å². The number of nitrogens with zero attached hydrogens (tertiary/aromatic N) is 5. The molecule has 0 radical (unpaired) electrons. The number of likely N-dealkylation sites (N-methyl/N-ethyl adjacent to an activating group) is 2. The molecule has 2 heterocycles. The molecule has 0 aliphatic heterocycles. The van der Waals surface area contributed by atoms with Crippen molar-refractivity contribution in [3.8, 4) is 0 Å². The van der Waals surface area contributed by atoms with E-state index in [1.807, 2.05) is 36.1 Å². The summed E-state index contributed by atoms with van der Waals surface area (Å²) in [6.45, 7) is 21.2. The van der Waals surface area contributed by atoms with Gasteiger partial charge >= 0.3 is 5.97 Å². The fourth-order valence-electron chi connectivity index (χ4n) is 12.5. The quantitative estimate of drug-likeness (QED) is 0.0375. The number of hydrogen-bond donors (Lipinski definition) is 2. The number of unbranched alkanes of at least 4 members (excludes halogenated alkanes) is 1. The molecule has 2 aromatic rings. The third-order valence-corrected chi connectivity index (χ3v) is 16.2. The van der Waals surface area contributed by atoms with Gasteiger partial charge in [0, 0.05) is 82.3 Å². The Morgan fingerprint density at radius 2 is 1.60 bits per heavy atom. The SMILES string of the molecule is C=[N+](C)c1ccnc(CN(C)CCN(C)Cc2cc(NCCCCNC(=O)CCC(=O)OC3CCC4(C)C(=CCC5C4CCC4(C)C(C(C)CCCC(C)C)CCC54)C3)ccn2)c1. The highest BCUT2D eigenvalue weighted by Gasteiger charge is 2.59. The monoisotopic (exact) mass is 867 g/mol. The van der Waals surface area contributed by atoms with E-state index in [4.69, 9.17) is 4.74 Å². The molecule has 6 rings (SSSR count). The fraction of sp³-hybridized carbons (Fsp3) is 0.717. The first-order valence-electron chi connectivity index (χ1n) is 24.8. The standard InChI is InChI=1S/C53H83N7O3/c1-38(2)13-12-14-39(3)47-17-18-48-46-16-15-40-33-45(21-25-52(40,4)49(46)22-26-53(47,48)5)63-51(62)20-19-50(61)57-28-11-10-27-54-41-23-29-55-42(34-41)36-59(8)31-32-60(9)37-43-35-44(58(6)7)24-30-56-43/h15,23-24,29-30,34-35,38-39,45-49H,6,10-14,16-22,25-28,31-33,36-37H2,1-5,7-9H3,(H-,54,55,57,61)/p+1. The molecule has 0 spiro atoms. The van der Waals surface area contributed by atoms with E-state index in [-0.39, 0.29) is 36.2 Å². The van der Waals surface area contributed by atoms with E-state index in [2.05, 4.69) is 104 Å². The maximum absolute atomic E-state index is 13.0. The van der Waals surface area contributed by atoms with E-state index in [9.17, 15) is 9.59 Å². The molecule has 8 unspecified atom stereocenters. The lowest BCUT2D eigenvalue weighted by Gasteiger charge is -2.58. The molecular formula is C53H84N7O3+. The van der Waals surface area contributed by atoms with Crippen LogP contribution in [0.5, 0.6) is 0 Å². The third kappa shape index (κ3) is 13.0. The average Bonchev–Trinajstić information content (AvgIpc) is 3.61. The number of rotatable bonds is 23. The zero-order valence-corrected chi connectivity index (χ0v) is 40.6. The van der Waals surface area contributed by atoms with E-state index in [1.54, 1.807) is 5.57 Å². The molecule has 10 heteroatoms. The molecule has 63 heavy (non-hydrogen) atoms. The Bertz CT molecular complexity index is 1860. The Hall–Kier alpha value is -3.63. The van der Waals surface area contributed by atoms with Crippen molar-refractivity contribution in [3.05, 3.63) is 59.7 Å². The fourth-order valence-corrected chi connectivity index (χ4v) is 12.5. The first kappa shape index (κ1) is 48.8. The molecule has 8 atom stereocenters. The lowest BCUT2D eigenvalue weighted by Crippen LogP contribution is -2.51. The lowest BCUT2D eigenvalue weighted by atomic mass is 9.47. The summed E-state index contributed by atoms with van der Waals surface area (Å²) in [7, 11) is 6.19. The van der Waals surface area contributed by atoms with E-state index < -0.39 is 0 Å². The number of allylic oxidation sites excluding steroid dienone is 1. The Labute approximate surface area is 381 Å². The van der Waals surface area contributed by atoms with Gasteiger partial charge in [0.15, 0.2) is 0 Å². The summed E-state index contributed by atoms with van der Waals surface area (Å²) in [5, 5.41) is 6.52. The molecule has 3 saturated carbocycles. The summed E-state index contributed by atoms with van der Waals surface area (Å²) in [5.74, 6) is 4.61. The second kappa shape index (κ2) is 22.5. The van der Waals surface area contributed by atoms with Crippen LogP contribution in [0.25, 0.3) is 0 Å². The summed E-state index contributed by atoms with van der Waals surface area (Å²) < 4.78 is 7.89. The van der Waals surface area contributed by atoms with Gasteiger partial charge in [0.1, 0.15) is 19.9 Å². The van der Waals surface area contributed by atoms with E-state index in [1.165, 1.54) is 51.4 Å². The Morgan fingerprint density at radius 1 is 0.889 bits per heavy atom. The van der Waals surface area contributed by atoms with Gasteiger partial charge in [-0.25, -0.2) is 4.58 Å². The number of carbonyl (C=O) groups excluding carboxylic acids is 2. The van der Waals surface area contributed by atoms with Crippen LogP contribution in [0.4, 0.5) is 11.4 Å². The Kier molecular flexibility index (Phi) is 17.4. The van der Waals surface area contributed by atoms with Crippen LogP contribution in [0, 0.1) is 46.3 Å². The molecule has 10 nitrogen and oxygen atoms in total. The van der Waals surface area contributed by atoms with E-state index in [0.29, 0.717) is 12.0 Å². The Morgan fingerprint density at radius 3 is 2.33 bits per heavy atom. The van der Waals surface area contributed by atoms with Gasteiger partial charge in [-0.2, -0.15) is 0 Å². The van der Waals surface area contributed by atoms with Gasteiger partial charge in [0.2, 0.25) is 11.6 Å². The van der Waals surface area contributed by atoms with E-state index in [0.717, 1.165) is 123 Å². The van der Waals surface area contributed by atoms with Crippen molar-refractivity contribution in [2.24, 2.45) is 46.3 Å². The van der Waals surface area contributed by atoms with Crippen molar-refractivity contribution in [1.82, 2.24) is 25.1 Å². The highest BCUT2D eigenvalue weighted by Crippen LogP contribution is 2.67. The maximum Gasteiger partial charge on any atom is 0.306 e. The number of pyridine rings is 2. The number of amides is 1. The van der Waals surface area contributed by atoms with Crippen molar-refractivity contribution >= 4 is 30.0 Å². The van der Waals surface area contributed by atoms with Crippen LogP contribution in [0.1, 0.15) is 142 Å². The minimum absolute atomic E-state index is 0.0661. The number of esters is 1. The summed E-state index contributed by atoms with van der Waals surface area (Å²) in [6.07, 6.45) is 22.1. The molecule has 348 valence electrons. The number of ether oxygens (including phenoxy) is 1. The highest BCUT2D eigenvalue weighted by atomic mass is 16.5. The lowest BCUT2D eigenvalue weighted by molar-refractivity contribution is -0.394. The van der Waals surface area contributed by atoms with Crippen molar-refractivity contribution in [1.29, 1.82) is 0 Å². The number of nitrogens with one attached hydrogen (secondary N) is 2. The zero-order valence-electron chi connectivity index (χ0n) is 40.6. The summed E-state index contributed by atoms with van der Waals surface area (Å²) >= 11 is 0. The summed E-state index contributed by atoms with van der Waals surface area (Å²) in [4.78, 5) is 39.3. The van der Waals surface area contributed by atoms with Crippen molar-refractivity contribution < 1.29 is 18.9 Å². The first-order valence-corrected chi connectivity index (χ1v) is 24.8. The molecule has 1 amide bonds. The van der Waals surface area contributed by atoms with Gasteiger partial charge in [0.25, 0.3) is 0 Å². The summed E-state index contributed by atoms with van der Waals surface area (Å²) in [5.41, 5.74) is 6.44. The van der Waals surface area contributed by atoms with Crippen LogP contribution in [-0.2, 0) is 27.4 Å². The molecule has 2 aromatic heterocycles. The maximum atomic E-state index is 13.0. The largest absolute Gasteiger partial charge is 0.462 e. The molecule has 2 N–H and O–H groups in total. The molecule has 4 aliphatic rings. The van der Waals surface area contributed by atoms with Crippen LogP contribution in [0.2, 0.25) is 0 Å². The zero-order chi connectivity index (χ0) is 45.1. The molecular weight excluding hydrogens is 783 g/mol. The van der Waals surface area contributed by atoms with Gasteiger partial charge < -0.3 is 15.4 Å². The molecule has 0 bridgehead atoms. The van der Waals surface area contributed by atoms with Gasteiger partial charge in [-0.1, -0.05) is 65.5 Å². The van der Waals surface area contributed by atoms with Crippen molar-refractivity contribution in [2.75, 3.05) is 52.6 Å². The predicted molar refractivity (Wildman–Crippen MR) is 257 cm³/mol. The number of aromatic nitrogens is 2. The minimum atomic E-state index is -0.238. The van der Waals surface area contributed by atoms with Crippen LogP contribution in [0.15, 0.2) is 48.3 Å². The number of anilines is 1. The summed E-state index contributed by atoms with van der Waals surface area (Å²) in [6, 6.07) is 8.17. The Balaban J connectivity index is 0.831. The first-order chi connectivity index (χ1) is 30.1. The van der Waals surface area contributed by atoms with Gasteiger partial charge in [-0.15, -0.1) is 0 Å². The topological polar surface area (TPSA) is 103 Å². The number of carbonyl (C=O) groups is 2. The number of fused-ring (bicyclic) bond motifs is 5. The predicted octanol–water partition coefficient (Wildman–Crippen LogP) is 10.1. The molecule has 0 saturated heterocycles. The molecule has 0 aromatic carbocycles. The van der Waals surface area contributed by atoms with Crippen molar-refractivity contribution in [2.45, 2.75) is 150 Å². The third-order valence-electron chi connectivity index (χ3n) is 16.2. The smallest absolute Gasteiger partial charge is 0.306 e. The van der Waals surface area contributed by atoms with Gasteiger partial charge in [0.05, 0.1) is 17.8 Å². The highest BCUT2D eigenvalue weighted by molar-refractivity contribution is 5.81. The van der Waals surface area contributed by atoms with Gasteiger partial charge in [-0.05, 0) is 130 Å². The van der Waals surface area contributed by atoms with Crippen LogP contribution in [0.3, 0.4) is 0 Å². The van der Waals surface area contributed by atoms with Crippen LogP contribution in [-0.4, -0.2) is 96.4 Å². The second-order valence-electron chi connectivity index (χ2n) is 21.3. The number of hydrogen-bond acceptors (Lipinski definition) is 8. The minimum Gasteiger partial charge on any atom is -0.462 e. The van der Waals surface area contributed by atoms with E-state index >= 15 is 0 Å². The molecule has 3 fully saturated rings. The van der Waals surface area contributed by atoms with Crippen molar-refractivity contribution in [3.63, 3.8) is 0 Å². The molecule has 4 aliphatic carbocycles. The normalized spacial score (nSPS) is 27.0.